The van der Waals surface area contributed by atoms with Gasteiger partial charge in [-0.2, -0.15) is 0 Å². The molecular formula is C32H52O3. The van der Waals surface area contributed by atoms with Crippen LogP contribution in [-0.4, -0.2) is 23.8 Å². The van der Waals surface area contributed by atoms with Crippen molar-refractivity contribution < 1.29 is 14.3 Å². The minimum atomic E-state index is -0.119. The maximum Gasteiger partial charge on any atom is 0.302 e. The lowest BCUT2D eigenvalue weighted by molar-refractivity contribution is -0.167. The summed E-state index contributed by atoms with van der Waals surface area (Å²) < 4.78 is 11.8. The Kier molecular flexibility index (Phi) is 5.96. The van der Waals surface area contributed by atoms with Crippen LogP contribution in [0.25, 0.3) is 0 Å². The van der Waals surface area contributed by atoms with Crippen molar-refractivity contribution in [2.24, 2.45) is 39.4 Å². The van der Waals surface area contributed by atoms with Crippen molar-refractivity contribution in [2.45, 2.75) is 144 Å². The molecule has 1 heterocycles. The summed E-state index contributed by atoms with van der Waals surface area (Å²) in [5.41, 5.74) is 4.85. The molecule has 0 N–H and O–H groups in total. The Morgan fingerprint density at radius 2 is 1.66 bits per heavy atom. The van der Waals surface area contributed by atoms with Gasteiger partial charge in [0.2, 0.25) is 0 Å². The summed E-state index contributed by atoms with van der Waals surface area (Å²) >= 11 is 0. The number of ether oxygens (including phenoxy) is 2. The van der Waals surface area contributed by atoms with E-state index in [1.54, 1.807) is 6.92 Å². The summed E-state index contributed by atoms with van der Waals surface area (Å²) in [5.74, 6) is 2.07. The molecule has 5 aliphatic rings. The third-order valence-electron chi connectivity index (χ3n) is 12.8. The molecule has 0 amide bonds. The molecule has 0 aromatic rings. The van der Waals surface area contributed by atoms with Gasteiger partial charge in [-0.1, -0.05) is 52.7 Å². The molecule has 3 heteroatoms. The van der Waals surface area contributed by atoms with Crippen LogP contribution in [0.4, 0.5) is 0 Å². The average molecular weight is 485 g/mol. The topological polar surface area (TPSA) is 38.8 Å². The van der Waals surface area contributed by atoms with E-state index in [9.17, 15) is 4.79 Å². The molecule has 5 rings (SSSR count). The molecule has 3 nitrogen and oxygen atoms in total. The monoisotopic (exact) mass is 484 g/mol. The molecule has 1 unspecified atom stereocenters. The molecule has 0 bridgehead atoms. The number of carbonyl (C=O) groups is 1. The highest BCUT2D eigenvalue weighted by atomic mass is 16.6. The van der Waals surface area contributed by atoms with Crippen LogP contribution in [-0.2, 0) is 14.3 Å². The fraction of sp³-hybridized carbons (Fsp3) is 0.906. The van der Waals surface area contributed by atoms with Crippen molar-refractivity contribution in [3.63, 3.8) is 0 Å². The standard InChI is InChI=1S/C32H52O3/c1-20(10-13-27-29(5,6)35-27)22-14-18-32(9)24-11-12-25-28(3,4)26(34-21(2)33)16-17-30(25,7)23(24)15-19-31(22,32)8/h20,22,25-27H,10-19H2,1-9H3/t20-,22-,25+,26+,27?,30-,31-,32+/m1/s1. The quantitative estimate of drug-likeness (QED) is 0.224. The average Bonchev–Trinajstić information content (AvgIpc) is 3.26. The Morgan fingerprint density at radius 1 is 0.971 bits per heavy atom. The number of allylic oxidation sites excluding steroid dienone is 2. The van der Waals surface area contributed by atoms with E-state index in [4.69, 9.17) is 9.47 Å². The molecule has 0 radical (unpaired) electrons. The lowest BCUT2D eigenvalue weighted by Gasteiger charge is -2.62. The van der Waals surface area contributed by atoms with Gasteiger partial charge in [0, 0.05) is 12.3 Å². The van der Waals surface area contributed by atoms with Gasteiger partial charge in [0.05, 0.1) is 11.7 Å². The first-order valence-electron chi connectivity index (χ1n) is 14.7. The van der Waals surface area contributed by atoms with Gasteiger partial charge >= 0.3 is 5.97 Å². The molecular weight excluding hydrogens is 432 g/mol. The second-order valence-electron chi connectivity index (χ2n) is 15.1. The van der Waals surface area contributed by atoms with E-state index in [2.05, 4.69) is 55.4 Å². The molecule has 4 aliphatic carbocycles. The van der Waals surface area contributed by atoms with E-state index in [0.717, 1.165) is 18.3 Å². The van der Waals surface area contributed by atoms with Crippen molar-refractivity contribution >= 4 is 5.97 Å². The third-order valence-corrected chi connectivity index (χ3v) is 12.8. The molecule has 8 atom stereocenters. The van der Waals surface area contributed by atoms with Crippen molar-refractivity contribution in [2.75, 3.05) is 0 Å². The maximum atomic E-state index is 11.8. The predicted molar refractivity (Wildman–Crippen MR) is 142 cm³/mol. The zero-order chi connectivity index (χ0) is 25.6. The summed E-state index contributed by atoms with van der Waals surface area (Å²) in [6, 6.07) is 0. The van der Waals surface area contributed by atoms with Gasteiger partial charge in [0.15, 0.2) is 0 Å². The Hall–Kier alpha value is -0.830. The lowest BCUT2D eigenvalue weighted by atomic mass is 9.43. The first kappa shape index (κ1) is 25.8. The highest BCUT2D eigenvalue weighted by Gasteiger charge is 2.63. The number of fused-ring (bicyclic) bond motifs is 4. The van der Waals surface area contributed by atoms with Crippen molar-refractivity contribution in [1.82, 2.24) is 0 Å². The van der Waals surface area contributed by atoms with E-state index in [1.165, 1.54) is 57.8 Å². The summed E-state index contributed by atoms with van der Waals surface area (Å²) in [5, 5.41) is 0. The first-order chi connectivity index (χ1) is 16.2. The molecule has 2 saturated carbocycles. The van der Waals surface area contributed by atoms with Crippen LogP contribution in [0.15, 0.2) is 11.1 Å². The van der Waals surface area contributed by atoms with Crippen LogP contribution in [0.3, 0.4) is 0 Å². The van der Waals surface area contributed by atoms with E-state index >= 15 is 0 Å². The van der Waals surface area contributed by atoms with Gasteiger partial charge in [-0.25, -0.2) is 0 Å². The van der Waals surface area contributed by atoms with Gasteiger partial charge in [0.1, 0.15) is 6.10 Å². The van der Waals surface area contributed by atoms with Crippen LogP contribution in [0, 0.1) is 39.4 Å². The van der Waals surface area contributed by atoms with E-state index in [1.807, 2.05) is 11.1 Å². The van der Waals surface area contributed by atoms with E-state index in [-0.39, 0.29) is 28.5 Å². The Bertz CT molecular complexity index is 914. The number of rotatable bonds is 5. The first-order valence-corrected chi connectivity index (χ1v) is 14.7. The van der Waals surface area contributed by atoms with Gasteiger partial charge in [-0.05, 0) is 112 Å². The predicted octanol–water partition coefficient (Wildman–Crippen LogP) is 8.26. The normalized spacial score (nSPS) is 46.3. The zero-order valence-corrected chi connectivity index (χ0v) is 24.2. The Labute approximate surface area is 215 Å². The summed E-state index contributed by atoms with van der Waals surface area (Å²) in [6.45, 7) is 21.2. The lowest BCUT2D eigenvalue weighted by Crippen LogP contribution is -2.55. The van der Waals surface area contributed by atoms with Crippen LogP contribution in [0.2, 0.25) is 0 Å². The number of carbonyl (C=O) groups excluding carboxylic acids is 1. The zero-order valence-electron chi connectivity index (χ0n) is 24.2. The molecule has 1 aliphatic heterocycles. The molecule has 35 heavy (non-hydrogen) atoms. The van der Waals surface area contributed by atoms with Crippen LogP contribution < -0.4 is 0 Å². The fourth-order valence-electron chi connectivity index (χ4n) is 10.4. The fourth-order valence-corrected chi connectivity index (χ4v) is 10.4. The summed E-state index contributed by atoms with van der Waals surface area (Å²) in [4.78, 5) is 11.8. The number of hydrogen-bond donors (Lipinski definition) is 0. The van der Waals surface area contributed by atoms with Crippen molar-refractivity contribution in [1.29, 1.82) is 0 Å². The minimum Gasteiger partial charge on any atom is -0.462 e. The van der Waals surface area contributed by atoms with Crippen LogP contribution in [0.1, 0.15) is 127 Å². The van der Waals surface area contributed by atoms with E-state index < -0.39 is 0 Å². The van der Waals surface area contributed by atoms with Gasteiger partial charge in [0.25, 0.3) is 0 Å². The van der Waals surface area contributed by atoms with Gasteiger partial charge in [-0.15, -0.1) is 0 Å². The van der Waals surface area contributed by atoms with Crippen molar-refractivity contribution in [3.05, 3.63) is 11.1 Å². The Morgan fingerprint density at radius 3 is 2.29 bits per heavy atom. The summed E-state index contributed by atoms with van der Waals surface area (Å²) in [7, 11) is 0. The van der Waals surface area contributed by atoms with Crippen LogP contribution in [0.5, 0.6) is 0 Å². The summed E-state index contributed by atoms with van der Waals surface area (Å²) in [6.07, 6.45) is 13.1. The number of epoxide rings is 1. The molecule has 0 aromatic heterocycles. The molecule has 1 saturated heterocycles. The SMILES string of the molecule is CC(=O)O[C@H]1CC[C@]2(C)C3=C(CC[C@H]2C1(C)C)[C@]1(C)CC[C@H]([C@H](C)CCC2OC2(C)C)[C@@]1(C)CC3. The molecule has 198 valence electrons. The largest absolute Gasteiger partial charge is 0.462 e. The third kappa shape index (κ3) is 3.71. The maximum absolute atomic E-state index is 11.8. The molecule has 0 spiro atoms. The van der Waals surface area contributed by atoms with E-state index in [0.29, 0.717) is 22.9 Å². The molecule has 3 fully saturated rings. The highest BCUT2D eigenvalue weighted by molar-refractivity contribution is 5.66. The van der Waals surface area contributed by atoms with Crippen molar-refractivity contribution in [3.8, 4) is 0 Å². The second kappa shape index (κ2) is 8.08. The number of esters is 1. The Balaban J connectivity index is 1.40. The minimum absolute atomic E-state index is 0.0320. The highest BCUT2D eigenvalue weighted by Crippen LogP contribution is 2.72. The molecule has 0 aromatic carbocycles. The number of hydrogen-bond acceptors (Lipinski definition) is 3. The second-order valence-corrected chi connectivity index (χ2v) is 15.1. The van der Waals surface area contributed by atoms with Gasteiger partial charge < -0.3 is 9.47 Å². The van der Waals surface area contributed by atoms with Crippen LogP contribution >= 0.6 is 0 Å². The smallest absolute Gasteiger partial charge is 0.302 e. The van der Waals surface area contributed by atoms with Gasteiger partial charge in [-0.3, -0.25) is 4.79 Å².